The zero-order valence-electron chi connectivity index (χ0n) is 15.8. The number of carbonyl (C=O) groups is 1. The van der Waals surface area contributed by atoms with Crippen molar-refractivity contribution in [3.05, 3.63) is 91.0 Å². The minimum absolute atomic E-state index is 0.00266. The molecule has 0 spiro atoms. The molecule has 3 aromatic rings. The van der Waals surface area contributed by atoms with Crippen LogP contribution in [0, 0.1) is 11.3 Å². The van der Waals surface area contributed by atoms with Crippen molar-refractivity contribution in [2.75, 3.05) is 7.11 Å². The molecule has 0 aliphatic carbocycles. The second-order valence-electron chi connectivity index (χ2n) is 6.36. The lowest BCUT2D eigenvalue weighted by Gasteiger charge is -2.24. The van der Waals surface area contributed by atoms with Gasteiger partial charge < -0.3 is 10.5 Å². The van der Waals surface area contributed by atoms with Crippen molar-refractivity contribution < 1.29 is 9.53 Å². The first-order valence-electron chi connectivity index (χ1n) is 8.82. The smallest absolute Gasteiger partial charge is 0.343 e. The van der Waals surface area contributed by atoms with Gasteiger partial charge in [0.2, 0.25) is 0 Å². The fourth-order valence-electron chi connectivity index (χ4n) is 3.32. The molecule has 4 heterocycles. The zero-order valence-corrected chi connectivity index (χ0v) is 16.6. The molecular formula is C21H15N5O3S. The van der Waals surface area contributed by atoms with Gasteiger partial charge in [-0.15, -0.1) is 11.3 Å². The van der Waals surface area contributed by atoms with Crippen LogP contribution in [0.2, 0.25) is 0 Å². The van der Waals surface area contributed by atoms with Crippen LogP contribution in [-0.2, 0) is 9.53 Å². The van der Waals surface area contributed by atoms with Crippen LogP contribution < -0.4 is 20.5 Å². The summed E-state index contributed by atoms with van der Waals surface area (Å²) in [5.74, 6) is -0.709. The predicted octanol–water partition coefficient (Wildman–Crippen LogP) is 0.192. The van der Waals surface area contributed by atoms with E-state index >= 15 is 0 Å². The molecule has 0 fully saturated rings. The van der Waals surface area contributed by atoms with Crippen molar-refractivity contribution >= 4 is 29.0 Å². The van der Waals surface area contributed by atoms with E-state index in [-0.39, 0.29) is 22.4 Å². The maximum absolute atomic E-state index is 13.4. The van der Waals surface area contributed by atoms with Crippen molar-refractivity contribution in [3.63, 3.8) is 0 Å². The Balaban J connectivity index is 2.12. The van der Waals surface area contributed by atoms with Gasteiger partial charge in [-0.3, -0.25) is 19.3 Å². The number of hydrogen-bond donors (Lipinski definition) is 1. The van der Waals surface area contributed by atoms with Crippen LogP contribution >= 0.6 is 11.3 Å². The van der Waals surface area contributed by atoms with Crippen molar-refractivity contribution in [1.82, 2.24) is 14.5 Å². The number of hydrogen-bond acceptors (Lipinski definition) is 8. The molecule has 2 N–H and O–H groups in total. The molecule has 0 amide bonds. The van der Waals surface area contributed by atoms with Crippen molar-refractivity contribution in [3.8, 4) is 6.07 Å². The van der Waals surface area contributed by atoms with E-state index in [1.807, 2.05) is 0 Å². The number of thiazole rings is 1. The molecule has 1 unspecified atom stereocenters. The number of pyridine rings is 2. The Morgan fingerprint density at radius 1 is 1.23 bits per heavy atom. The van der Waals surface area contributed by atoms with E-state index in [1.54, 1.807) is 55.1 Å². The van der Waals surface area contributed by atoms with E-state index < -0.39 is 12.0 Å². The van der Waals surface area contributed by atoms with Crippen LogP contribution in [0.4, 0.5) is 0 Å². The number of carbonyl (C=O) groups excluding carboxylic acids is 1. The molecule has 9 heteroatoms. The number of aromatic nitrogens is 3. The topological polar surface area (TPSA) is 124 Å². The third-order valence-corrected chi connectivity index (χ3v) is 5.80. The summed E-state index contributed by atoms with van der Waals surface area (Å²) in [6.45, 7) is 0. The van der Waals surface area contributed by atoms with Crippen molar-refractivity contribution in [2.24, 2.45) is 5.73 Å². The largest absolute Gasteiger partial charge is 0.465 e. The van der Waals surface area contributed by atoms with E-state index in [1.165, 1.54) is 11.7 Å². The lowest BCUT2D eigenvalue weighted by Crippen LogP contribution is -2.41. The molecule has 148 valence electrons. The molecule has 0 aromatic carbocycles. The Bertz CT molecular complexity index is 1380. The summed E-state index contributed by atoms with van der Waals surface area (Å²) in [7, 11) is 1.23. The van der Waals surface area contributed by atoms with Crippen LogP contribution in [-0.4, -0.2) is 27.6 Å². The summed E-state index contributed by atoms with van der Waals surface area (Å²) < 4.78 is 7.04. The standard InChI is InChI=1S/C21H15N5O3S/c1-29-21(28)16-17(23)14(11-22)18(13-4-8-25-9-5-13)26-19(27)15(30-20(16)26)10-12-2-6-24-7-3-12/h2-10,18H,23H2,1H3/b15-10+. The second-order valence-corrected chi connectivity index (χ2v) is 7.39. The summed E-state index contributed by atoms with van der Waals surface area (Å²) in [5, 5.41) is 9.83. The maximum Gasteiger partial charge on any atom is 0.343 e. The molecule has 4 rings (SSSR count). The second kappa shape index (κ2) is 7.77. The Labute approximate surface area is 174 Å². The first kappa shape index (κ1) is 19.3. The van der Waals surface area contributed by atoms with E-state index in [4.69, 9.17) is 10.5 Å². The average molecular weight is 417 g/mol. The minimum Gasteiger partial charge on any atom is -0.465 e. The summed E-state index contributed by atoms with van der Waals surface area (Å²) in [6, 6.07) is 8.24. The third kappa shape index (κ3) is 3.09. The highest BCUT2D eigenvalue weighted by Gasteiger charge is 2.34. The van der Waals surface area contributed by atoms with E-state index in [0.29, 0.717) is 14.8 Å². The van der Waals surface area contributed by atoms with Crippen molar-refractivity contribution in [2.45, 2.75) is 6.04 Å². The number of nitrogens with zero attached hydrogens (tertiary/aromatic N) is 4. The number of rotatable bonds is 3. The Morgan fingerprint density at radius 2 is 1.87 bits per heavy atom. The van der Waals surface area contributed by atoms with Crippen LogP contribution in [0.15, 0.2) is 65.1 Å². The Kier molecular flexibility index (Phi) is 5.00. The SMILES string of the molecule is COC(=O)C1=c2s/c(=C/c3ccncc3)c(=O)n2C(c2ccncc2)C(C#N)=C1N. The molecule has 0 saturated heterocycles. The van der Waals surface area contributed by atoms with Gasteiger partial charge in [-0.25, -0.2) is 4.79 Å². The number of ether oxygens (including phenoxy) is 1. The summed E-state index contributed by atoms with van der Waals surface area (Å²) >= 11 is 1.12. The minimum atomic E-state index is -0.773. The highest BCUT2D eigenvalue weighted by atomic mass is 32.1. The monoisotopic (exact) mass is 417 g/mol. The van der Waals surface area contributed by atoms with Crippen LogP contribution in [0.25, 0.3) is 11.6 Å². The third-order valence-electron chi connectivity index (χ3n) is 4.70. The molecule has 1 aliphatic rings. The van der Waals surface area contributed by atoms with Crippen molar-refractivity contribution in [1.29, 1.82) is 5.26 Å². The first-order chi connectivity index (χ1) is 14.6. The van der Waals surface area contributed by atoms with E-state index in [0.717, 1.165) is 16.9 Å². The summed E-state index contributed by atoms with van der Waals surface area (Å²) in [6.07, 6.45) is 8.09. The Morgan fingerprint density at radius 3 is 2.47 bits per heavy atom. The average Bonchev–Trinajstić information content (AvgIpc) is 3.09. The lowest BCUT2D eigenvalue weighted by atomic mass is 9.93. The molecule has 1 aliphatic heterocycles. The number of methoxy groups -OCH3 is 1. The van der Waals surface area contributed by atoms with Crippen LogP contribution in [0.1, 0.15) is 17.2 Å². The normalized spacial score (nSPS) is 16.2. The molecule has 1 atom stereocenters. The van der Waals surface area contributed by atoms with Gasteiger partial charge in [0.25, 0.3) is 5.56 Å². The molecule has 3 aromatic heterocycles. The fraction of sp³-hybridized carbons (Fsp3) is 0.0952. The molecular weight excluding hydrogens is 402 g/mol. The Hall–Kier alpha value is -4.03. The van der Waals surface area contributed by atoms with Gasteiger partial charge in [0.1, 0.15) is 16.3 Å². The number of esters is 1. The van der Waals surface area contributed by atoms with Crippen LogP contribution in [0.5, 0.6) is 0 Å². The number of fused-ring (bicyclic) bond motifs is 1. The molecule has 0 radical (unpaired) electrons. The van der Waals surface area contributed by atoms with Gasteiger partial charge in [-0.1, -0.05) is 0 Å². The maximum atomic E-state index is 13.4. The fourth-order valence-corrected chi connectivity index (χ4v) is 4.50. The number of allylic oxidation sites excluding steroid dienone is 1. The van der Waals surface area contributed by atoms with Gasteiger partial charge >= 0.3 is 5.97 Å². The molecule has 30 heavy (non-hydrogen) atoms. The van der Waals surface area contributed by atoms with Gasteiger partial charge in [0.05, 0.1) is 29.0 Å². The van der Waals surface area contributed by atoms with Gasteiger partial charge in [0, 0.05) is 24.8 Å². The number of nitrogens with two attached hydrogens (primary N) is 1. The highest BCUT2D eigenvalue weighted by Crippen LogP contribution is 2.30. The zero-order chi connectivity index (χ0) is 21.3. The highest BCUT2D eigenvalue weighted by molar-refractivity contribution is 7.07. The van der Waals surface area contributed by atoms with Gasteiger partial charge in [0.15, 0.2) is 0 Å². The summed E-state index contributed by atoms with van der Waals surface area (Å²) in [5.41, 5.74) is 7.46. The lowest BCUT2D eigenvalue weighted by molar-refractivity contribution is -0.133. The first-order valence-corrected chi connectivity index (χ1v) is 9.64. The van der Waals surface area contributed by atoms with Gasteiger partial charge in [-0.2, -0.15) is 5.26 Å². The van der Waals surface area contributed by atoms with E-state index in [9.17, 15) is 14.9 Å². The van der Waals surface area contributed by atoms with Crippen LogP contribution in [0.3, 0.4) is 0 Å². The summed E-state index contributed by atoms with van der Waals surface area (Å²) in [4.78, 5) is 33.9. The molecule has 0 saturated carbocycles. The number of nitriles is 1. The molecule has 8 nitrogen and oxygen atoms in total. The van der Waals surface area contributed by atoms with Gasteiger partial charge in [-0.05, 0) is 41.5 Å². The predicted molar refractivity (Wildman–Crippen MR) is 110 cm³/mol. The molecule has 0 bridgehead atoms. The van der Waals surface area contributed by atoms with E-state index in [2.05, 4.69) is 16.0 Å². The quantitative estimate of drug-likeness (QED) is 0.603.